The molecule has 2 N–H and O–H groups in total. The van der Waals surface area contributed by atoms with Crippen molar-refractivity contribution in [1.29, 1.82) is 0 Å². The molecule has 1 aromatic carbocycles. The fraction of sp³-hybridized carbons (Fsp3) is 0.333. The van der Waals surface area contributed by atoms with Gasteiger partial charge in [0.05, 0.1) is 28.8 Å². The highest BCUT2D eigenvalue weighted by Crippen LogP contribution is 2.32. The zero-order chi connectivity index (χ0) is 20.1. The van der Waals surface area contributed by atoms with E-state index >= 15 is 0 Å². The highest BCUT2D eigenvalue weighted by atomic mass is 35.5. The molecule has 0 saturated carbocycles. The SMILES string of the molecule is N[C@@H]1CN(c2nc3cc(F)cc(F)c3n2Cc2ccc(Cl)cn2)CCC1(F)F. The van der Waals surface area contributed by atoms with Gasteiger partial charge in [-0.05, 0) is 12.1 Å². The van der Waals surface area contributed by atoms with Gasteiger partial charge in [-0.1, -0.05) is 11.6 Å². The van der Waals surface area contributed by atoms with Crippen LogP contribution in [0.4, 0.5) is 23.5 Å². The number of rotatable bonds is 3. The van der Waals surface area contributed by atoms with Crippen LogP contribution in [0.1, 0.15) is 12.1 Å². The average Bonchev–Trinajstić information content (AvgIpc) is 2.97. The van der Waals surface area contributed by atoms with Crippen LogP contribution in [0.15, 0.2) is 30.5 Å². The standard InChI is InChI=1S/C18H16ClF4N5/c19-10-1-2-12(25-7-10)8-28-16-13(21)5-11(20)6-14(16)26-17(28)27-4-3-18(22,23)15(24)9-27/h1-2,5-7,15H,3-4,8-9,24H2/t15-/m1/s1. The second kappa shape index (κ2) is 6.89. The lowest BCUT2D eigenvalue weighted by Crippen LogP contribution is -2.55. The first-order chi connectivity index (χ1) is 13.2. The molecule has 3 aromatic rings. The van der Waals surface area contributed by atoms with Crippen molar-refractivity contribution in [3.05, 3.63) is 52.8 Å². The van der Waals surface area contributed by atoms with Crippen molar-refractivity contribution in [3.8, 4) is 0 Å². The van der Waals surface area contributed by atoms with Crippen molar-refractivity contribution in [2.45, 2.75) is 24.9 Å². The number of benzene rings is 1. The third-order valence-electron chi connectivity index (χ3n) is 4.81. The molecule has 0 radical (unpaired) electrons. The van der Waals surface area contributed by atoms with Gasteiger partial charge in [0.25, 0.3) is 5.92 Å². The first kappa shape index (κ1) is 18.9. The molecule has 1 atom stereocenters. The van der Waals surface area contributed by atoms with Crippen LogP contribution in [0, 0.1) is 11.6 Å². The van der Waals surface area contributed by atoms with Gasteiger partial charge in [0.1, 0.15) is 11.3 Å². The van der Waals surface area contributed by atoms with E-state index in [0.717, 1.165) is 12.1 Å². The van der Waals surface area contributed by atoms with Gasteiger partial charge >= 0.3 is 0 Å². The smallest absolute Gasteiger partial charge is 0.266 e. The number of nitrogens with two attached hydrogens (primary N) is 1. The number of anilines is 1. The molecule has 1 aliphatic rings. The van der Waals surface area contributed by atoms with Crippen LogP contribution < -0.4 is 10.6 Å². The van der Waals surface area contributed by atoms with E-state index in [4.69, 9.17) is 17.3 Å². The first-order valence-electron chi connectivity index (χ1n) is 8.58. The van der Waals surface area contributed by atoms with Gasteiger partial charge in [-0.15, -0.1) is 0 Å². The maximum Gasteiger partial charge on any atom is 0.266 e. The van der Waals surface area contributed by atoms with E-state index in [-0.39, 0.29) is 36.6 Å². The lowest BCUT2D eigenvalue weighted by molar-refractivity contribution is -0.0395. The van der Waals surface area contributed by atoms with E-state index in [1.165, 1.54) is 10.8 Å². The topological polar surface area (TPSA) is 60.0 Å². The van der Waals surface area contributed by atoms with Crippen LogP contribution in [-0.4, -0.2) is 39.6 Å². The Kier molecular flexibility index (Phi) is 4.67. The molecule has 0 unspecified atom stereocenters. The molecule has 0 aliphatic carbocycles. The molecule has 28 heavy (non-hydrogen) atoms. The number of hydrogen-bond acceptors (Lipinski definition) is 4. The first-order valence-corrected chi connectivity index (χ1v) is 8.96. The largest absolute Gasteiger partial charge is 0.340 e. The normalized spacial score (nSPS) is 19.4. The average molecular weight is 414 g/mol. The molecule has 2 aromatic heterocycles. The molecule has 1 saturated heterocycles. The van der Waals surface area contributed by atoms with Crippen molar-refractivity contribution in [2.75, 3.05) is 18.0 Å². The van der Waals surface area contributed by atoms with Crippen LogP contribution in [0.25, 0.3) is 11.0 Å². The van der Waals surface area contributed by atoms with E-state index in [0.29, 0.717) is 10.7 Å². The van der Waals surface area contributed by atoms with Gasteiger partial charge in [-0.3, -0.25) is 4.98 Å². The molecule has 10 heteroatoms. The van der Waals surface area contributed by atoms with E-state index in [2.05, 4.69) is 9.97 Å². The fourth-order valence-electron chi connectivity index (χ4n) is 3.34. The molecule has 0 bridgehead atoms. The number of pyridine rings is 1. The summed E-state index contributed by atoms with van der Waals surface area (Å²) >= 11 is 5.85. The molecule has 148 valence electrons. The van der Waals surface area contributed by atoms with Crippen molar-refractivity contribution in [2.24, 2.45) is 5.73 Å². The Morgan fingerprint density at radius 1 is 1.25 bits per heavy atom. The third-order valence-corrected chi connectivity index (χ3v) is 5.03. The molecule has 4 rings (SSSR count). The van der Waals surface area contributed by atoms with Crippen molar-refractivity contribution in [1.82, 2.24) is 14.5 Å². The van der Waals surface area contributed by atoms with Crippen LogP contribution >= 0.6 is 11.6 Å². The summed E-state index contributed by atoms with van der Waals surface area (Å²) < 4.78 is 57.3. The number of aromatic nitrogens is 3. The Morgan fingerprint density at radius 3 is 2.71 bits per heavy atom. The minimum absolute atomic E-state index is 0.0117. The summed E-state index contributed by atoms with van der Waals surface area (Å²) in [5.41, 5.74) is 6.33. The number of fused-ring (bicyclic) bond motifs is 1. The monoisotopic (exact) mass is 413 g/mol. The Balaban J connectivity index is 1.81. The lowest BCUT2D eigenvalue weighted by atomic mass is 10.0. The number of hydrogen-bond donors (Lipinski definition) is 1. The second-order valence-corrected chi connectivity index (χ2v) is 7.22. The molecule has 3 heterocycles. The van der Waals surface area contributed by atoms with Crippen molar-refractivity contribution < 1.29 is 17.6 Å². The summed E-state index contributed by atoms with van der Waals surface area (Å²) in [5, 5.41) is 0.442. The minimum Gasteiger partial charge on any atom is -0.340 e. The van der Waals surface area contributed by atoms with Crippen LogP contribution in [-0.2, 0) is 6.54 Å². The quantitative estimate of drug-likeness (QED) is 0.667. The van der Waals surface area contributed by atoms with Gasteiger partial charge < -0.3 is 15.2 Å². The molecule has 0 spiro atoms. The summed E-state index contributed by atoms with van der Waals surface area (Å²) in [6.07, 6.45) is 0.997. The highest BCUT2D eigenvalue weighted by Gasteiger charge is 2.43. The molecule has 5 nitrogen and oxygen atoms in total. The minimum atomic E-state index is -2.98. The Morgan fingerprint density at radius 2 is 2.04 bits per heavy atom. The van der Waals surface area contributed by atoms with Gasteiger partial charge in [0, 0.05) is 37.8 Å². The van der Waals surface area contributed by atoms with Crippen LogP contribution in [0.2, 0.25) is 5.02 Å². The number of piperidine rings is 1. The van der Waals surface area contributed by atoms with E-state index in [9.17, 15) is 17.6 Å². The summed E-state index contributed by atoms with van der Waals surface area (Å²) in [6, 6.07) is 3.78. The maximum absolute atomic E-state index is 14.5. The Hall–Kier alpha value is -2.39. The van der Waals surface area contributed by atoms with Gasteiger partial charge in [0.2, 0.25) is 5.95 Å². The number of halogens is 5. The zero-order valence-corrected chi connectivity index (χ0v) is 15.3. The fourth-order valence-corrected chi connectivity index (χ4v) is 3.45. The van der Waals surface area contributed by atoms with Crippen LogP contribution in [0.3, 0.4) is 0 Å². The lowest BCUT2D eigenvalue weighted by Gasteiger charge is -2.37. The summed E-state index contributed by atoms with van der Waals surface area (Å²) in [7, 11) is 0. The summed E-state index contributed by atoms with van der Waals surface area (Å²) in [4.78, 5) is 10.1. The summed E-state index contributed by atoms with van der Waals surface area (Å²) in [6.45, 7) is -0.0652. The number of imidazole rings is 1. The number of nitrogens with zero attached hydrogens (tertiary/aromatic N) is 4. The molecular formula is C18H16ClF4N5. The molecule has 1 fully saturated rings. The van der Waals surface area contributed by atoms with Gasteiger partial charge in [0.15, 0.2) is 5.82 Å². The Bertz CT molecular complexity index is 1020. The predicted octanol–water partition coefficient (Wildman–Crippen LogP) is 3.58. The molecular weight excluding hydrogens is 398 g/mol. The van der Waals surface area contributed by atoms with Gasteiger partial charge in [-0.2, -0.15) is 0 Å². The van der Waals surface area contributed by atoms with Crippen molar-refractivity contribution >= 4 is 28.6 Å². The summed E-state index contributed by atoms with van der Waals surface area (Å²) in [5.74, 6) is -4.31. The predicted molar refractivity (Wildman–Crippen MR) is 97.8 cm³/mol. The van der Waals surface area contributed by atoms with Crippen molar-refractivity contribution in [3.63, 3.8) is 0 Å². The van der Waals surface area contributed by atoms with E-state index in [1.54, 1.807) is 17.0 Å². The second-order valence-electron chi connectivity index (χ2n) is 6.78. The Labute approximate surface area is 162 Å². The maximum atomic E-state index is 14.5. The van der Waals surface area contributed by atoms with Crippen LogP contribution in [0.5, 0.6) is 0 Å². The molecule has 1 aliphatic heterocycles. The van der Waals surface area contributed by atoms with E-state index in [1.807, 2.05) is 0 Å². The number of alkyl halides is 2. The van der Waals surface area contributed by atoms with E-state index < -0.39 is 30.0 Å². The third kappa shape index (κ3) is 3.40. The zero-order valence-electron chi connectivity index (χ0n) is 14.5. The van der Waals surface area contributed by atoms with Gasteiger partial charge in [-0.25, -0.2) is 22.5 Å². The highest BCUT2D eigenvalue weighted by molar-refractivity contribution is 6.30. The molecule has 0 amide bonds.